The van der Waals surface area contributed by atoms with Crippen LogP contribution in [0.4, 0.5) is 4.39 Å². The first-order valence-corrected chi connectivity index (χ1v) is 11.5. The zero-order valence-electron chi connectivity index (χ0n) is 18.8. The standard InChI is InChI=1S/C27H25FN2O4/c28-20-10-8-18(9-11-20)16-19-4-3-6-22-25(21-5-1-2-7-23(21)29-26(19)22)27(32)34-17-24(31)30-12-14-33-15-13-30/h1-2,5,7-11,16H,3-4,6,12-15,17H2. The molecule has 2 aliphatic rings. The third-order valence-electron chi connectivity index (χ3n) is 6.28. The van der Waals surface area contributed by atoms with Crippen molar-refractivity contribution in [1.29, 1.82) is 0 Å². The van der Waals surface area contributed by atoms with Crippen molar-refractivity contribution in [2.45, 2.75) is 19.3 Å². The fourth-order valence-corrected chi connectivity index (χ4v) is 4.57. The molecule has 1 aromatic heterocycles. The van der Waals surface area contributed by atoms with Gasteiger partial charge in [0.1, 0.15) is 5.82 Å². The van der Waals surface area contributed by atoms with Crippen LogP contribution in [0.15, 0.2) is 48.5 Å². The van der Waals surface area contributed by atoms with E-state index < -0.39 is 5.97 Å². The molecule has 0 N–H and O–H groups in total. The molecule has 7 heteroatoms. The zero-order chi connectivity index (χ0) is 23.5. The molecule has 1 aliphatic carbocycles. The predicted octanol–water partition coefficient (Wildman–Crippen LogP) is 4.27. The summed E-state index contributed by atoms with van der Waals surface area (Å²) in [6.45, 7) is 1.68. The van der Waals surface area contributed by atoms with E-state index in [0.29, 0.717) is 49.2 Å². The largest absolute Gasteiger partial charge is 0.452 e. The highest BCUT2D eigenvalue weighted by molar-refractivity contribution is 6.07. The zero-order valence-corrected chi connectivity index (χ0v) is 18.8. The lowest BCUT2D eigenvalue weighted by atomic mass is 9.86. The van der Waals surface area contributed by atoms with Gasteiger partial charge in [0.2, 0.25) is 0 Å². The summed E-state index contributed by atoms with van der Waals surface area (Å²) >= 11 is 0. The number of rotatable bonds is 4. The number of benzene rings is 2. The van der Waals surface area contributed by atoms with Crippen LogP contribution in [0.3, 0.4) is 0 Å². The first kappa shape index (κ1) is 22.2. The van der Waals surface area contributed by atoms with Crippen LogP contribution >= 0.6 is 0 Å². The summed E-state index contributed by atoms with van der Waals surface area (Å²) in [4.78, 5) is 32.4. The Morgan fingerprint density at radius 2 is 1.82 bits per heavy atom. The lowest BCUT2D eigenvalue weighted by Crippen LogP contribution is -2.42. The maximum Gasteiger partial charge on any atom is 0.339 e. The molecule has 1 aliphatic heterocycles. The van der Waals surface area contributed by atoms with E-state index in [1.54, 1.807) is 17.0 Å². The first-order valence-electron chi connectivity index (χ1n) is 11.5. The highest BCUT2D eigenvalue weighted by Crippen LogP contribution is 2.36. The smallest absolute Gasteiger partial charge is 0.339 e. The van der Waals surface area contributed by atoms with E-state index in [0.717, 1.165) is 35.2 Å². The van der Waals surface area contributed by atoms with Crippen LogP contribution in [-0.4, -0.2) is 54.7 Å². The summed E-state index contributed by atoms with van der Waals surface area (Å²) in [7, 11) is 0. The van der Waals surface area contributed by atoms with E-state index in [1.165, 1.54) is 12.1 Å². The van der Waals surface area contributed by atoms with Crippen LogP contribution in [-0.2, 0) is 20.7 Å². The number of para-hydroxylation sites is 1. The molecule has 0 saturated carbocycles. The molecule has 0 spiro atoms. The number of ether oxygens (including phenoxy) is 2. The Hall–Kier alpha value is -3.58. The lowest BCUT2D eigenvalue weighted by Gasteiger charge is -2.27. The van der Waals surface area contributed by atoms with Gasteiger partial charge in [-0.05, 0) is 60.2 Å². The number of allylic oxidation sites excluding steroid dienone is 1. The van der Waals surface area contributed by atoms with Crippen molar-refractivity contribution >= 4 is 34.4 Å². The maximum absolute atomic E-state index is 13.4. The van der Waals surface area contributed by atoms with E-state index in [-0.39, 0.29) is 18.3 Å². The fourth-order valence-electron chi connectivity index (χ4n) is 4.57. The number of fused-ring (bicyclic) bond motifs is 2. The second kappa shape index (κ2) is 9.73. The summed E-state index contributed by atoms with van der Waals surface area (Å²) < 4.78 is 24.2. The molecule has 1 amide bonds. The van der Waals surface area contributed by atoms with E-state index in [4.69, 9.17) is 14.5 Å². The van der Waals surface area contributed by atoms with Gasteiger partial charge in [-0.3, -0.25) is 4.79 Å². The number of carbonyl (C=O) groups is 2. The number of carbonyl (C=O) groups excluding carboxylic acids is 2. The summed E-state index contributed by atoms with van der Waals surface area (Å²) in [5, 5.41) is 0.716. The fraction of sp³-hybridized carbons (Fsp3) is 0.296. The Labute approximate surface area is 197 Å². The Morgan fingerprint density at radius 1 is 1.06 bits per heavy atom. The van der Waals surface area contributed by atoms with E-state index in [2.05, 4.69) is 0 Å². The van der Waals surface area contributed by atoms with Crippen molar-refractivity contribution in [3.05, 3.63) is 76.7 Å². The van der Waals surface area contributed by atoms with Gasteiger partial charge in [-0.2, -0.15) is 0 Å². The van der Waals surface area contributed by atoms with Gasteiger partial charge in [0.15, 0.2) is 6.61 Å². The van der Waals surface area contributed by atoms with Gasteiger partial charge in [-0.1, -0.05) is 30.3 Å². The first-order chi connectivity index (χ1) is 16.6. The molecule has 1 fully saturated rings. The summed E-state index contributed by atoms with van der Waals surface area (Å²) in [6.07, 6.45) is 4.35. The number of hydrogen-bond donors (Lipinski definition) is 0. The summed E-state index contributed by atoms with van der Waals surface area (Å²) in [5.41, 5.74) is 4.64. The second-order valence-corrected chi connectivity index (χ2v) is 8.48. The Bertz CT molecular complexity index is 1260. The Balaban J connectivity index is 1.49. The van der Waals surface area contributed by atoms with Gasteiger partial charge < -0.3 is 14.4 Å². The molecule has 5 rings (SSSR count). The Morgan fingerprint density at radius 3 is 2.62 bits per heavy atom. The van der Waals surface area contributed by atoms with Crippen molar-refractivity contribution in [2.75, 3.05) is 32.9 Å². The number of aromatic nitrogens is 1. The predicted molar refractivity (Wildman–Crippen MR) is 127 cm³/mol. The van der Waals surface area contributed by atoms with E-state index in [1.807, 2.05) is 30.3 Å². The quantitative estimate of drug-likeness (QED) is 0.544. The Kier molecular flexibility index (Phi) is 6.36. The van der Waals surface area contributed by atoms with Crippen LogP contribution in [0.2, 0.25) is 0 Å². The minimum Gasteiger partial charge on any atom is -0.452 e. The molecule has 0 atom stereocenters. The number of nitrogens with zero attached hydrogens (tertiary/aromatic N) is 2. The molecule has 1 saturated heterocycles. The number of esters is 1. The molecule has 0 unspecified atom stereocenters. The number of pyridine rings is 1. The van der Waals surface area contributed by atoms with Crippen molar-refractivity contribution < 1.29 is 23.5 Å². The normalized spacial score (nSPS) is 17.0. The number of hydrogen-bond acceptors (Lipinski definition) is 5. The SMILES string of the molecule is O=C(OCC(=O)N1CCOCC1)c1c2c(nc3ccccc13)C(=Cc1ccc(F)cc1)CCC2. The second-order valence-electron chi connectivity index (χ2n) is 8.48. The summed E-state index contributed by atoms with van der Waals surface area (Å²) in [5.74, 6) is -1.02. The molecule has 174 valence electrons. The van der Waals surface area contributed by atoms with Crippen molar-refractivity contribution in [1.82, 2.24) is 9.88 Å². The highest BCUT2D eigenvalue weighted by Gasteiger charge is 2.27. The van der Waals surface area contributed by atoms with Gasteiger partial charge in [0, 0.05) is 18.5 Å². The van der Waals surface area contributed by atoms with Crippen LogP contribution in [0, 0.1) is 5.82 Å². The molecular formula is C27H25FN2O4. The average molecular weight is 461 g/mol. The van der Waals surface area contributed by atoms with Gasteiger partial charge >= 0.3 is 5.97 Å². The summed E-state index contributed by atoms with van der Waals surface area (Å²) in [6, 6.07) is 13.8. The van der Waals surface area contributed by atoms with Gasteiger partial charge in [0.05, 0.1) is 30.0 Å². The van der Waals surface area contributed by atoms with Crippen LogP contribution in [0.1, 0.15) is 40.0 Å². The molecule has 0 bridgehead atoms. The van der Waals surface area contributed by atoms with Gasteiger partial charge in [-0.15, -0.1) is 0 Å². The molecule has 34 heavy (non-hydrogen) atoms. The van der Waals surface area contributed by atoms with Crippen LogP contribution in [0.5, 0.6) is 0 Å². The number of morpholine rings is 1. The van der Waals surface area contributed by atoms with Crippen molar-refractivity contribution in [2.24, 2.45) is 0 Å². The monoisotopic (exact) mass is 460 g/mol. The van der Waals surface area contributed by atoms with Crippen molar-refractivity contribution in [3.8, 4) is 0 Å². The highest BCUT2D eigenvalue weighted by atomic mass is 19.1. The molecular weight excluding hydrogens is 435 g/mol. The van der Waals surface area contributed by atoms with Gasteiger partial charge in [-0.25, -0.2) is 14.2 Å². The third-order valence-corrected chi connectivity index (χ3v) is 6.28. The lowest BCUT2D eigenvalue weighted by molar-refractivity contribution is -0.138. The molecule has 2 aromatic carbocycles. The van der Waals surface area contributed by atoms with Crippen molar-refractivity contribution in [3.63, 3.8) is 0 Å². The minimum absolute atomic E-state index is 0.222. The average Bonchev–Trinajstić information content (AvgIpc) is 2.88. The molecule has 0 radical (unpaired) electrons. The van der Waals surface area contributed by atoms with Crippen LogP contribution in [0.25, 0.3) is 22.6 Å². The molecule has 6 nitrogen and oxygen atoms in total. The molecule has 2 heterocycles. The van der Waals surface area contributed by atoms with E-state index in [9.17, 15) is 14.0 Å². The maximum atomic E-state index is 13.4. The number of amides is 1. The molecule has 3 aromatic rings. The third kappa shape index (κ3) is 4.56. The van der Waals surface area contributed by atoms with Crippen LogP contribution < -0.4 is 0 Å². The minimum atomic E-state index is -0.514. The van der Waals surface area contributed by atoms with Gasteiger partial charge in [0.25, 0.3) is 5.91 Å². The topological polar surface area (TPSA) is 68.7 Å². The van der Waals surface area contributed by atoms with E-state index >= 15 is 0 Å². The number of halogens is 1.